The second kappa shape index (κ2) is 5.17. The van der Waals surface area contributed by atoms with Crippen molar-refractivity contribution in [3.05, 3.63) is 36.2 Å². The van der Waals surface area contributed by atoms with Gasteiger partial charge in [0.1, 0.15) is 11.5 Å². The van der Waals surface area contributed by atoms with Crippen LogP contribution in [0.15, 0.2) is 30.5 Å². The van der Waals surface area contributed by atoms with Gasteiger partial charge in [-0.1, -0.05) is 6.07 Å². The molecule has 0 aromatic carbocycles. The lowest BCUT2D eigenvalue weighted by atomic mass is 9.80. The van der Waals surface area contributed by atoms with E-state index in [0.717, 1.165) is 36.5 Å². The summed E-state index contributed by atoms with van der Waals surface area (Å²) in [5.74, 6) is 1.34. The summed E-state index contributed by atoms with van der Waals surface area (Å²) in [4.78, 5) is 13.1. The minimum Gasteiger partial charge on any atom is -0.388 e. The van der Waals surface area contributed by atoms with Gasteiger partial charge in [0, 0.05) is 24.5 Å². The Bertz CT molecular complexity index is 596. The van der Waals surface area contributed by atoms with Crippen molar-refractivity contribution in [3.8, 4) is 11.5 Å². The maximum Gasteiger partial charge on any atom is 0.180 e. The molecule has 20 heavy (non-hydrogen) atoms. The van der Waals surface area contributed by atoms with E-state index in [1.165, 1.54) is 0 Å². The molecule has 2 aromatic rings. The molecule has 5 nitrogen and oxygen atoms in total. The van der Waals surface area contributed by atoms with Gasteiger partial charge >= 0.3 is 0 Å². The number of rotatable bonds is 4. The Labute approximate surface area is 118 Å². The van der Waals surface area contributed by atoms with Gasteiger partial charge in [-0.2, -0.15) is 0 Å². The zero-order valence-corrected chi connectivity index (χ0v) is 11.5. The van der Waals surface area contributed by atoms with Crippen LogP contribution in [0.25, 0.3) is 11.5 Å². The summed E-state index contributed by atoms with van der Waals surface area (Å²) in [5, 5.41) is 13.3. The molecule has 2 N–H and O–H groups in total. The zero-order chi connectivity index (χ0) is 14.0. The Morgan fingerprint density at radius 2 is 2.15 bits per heavy atom. The van der Waals surface area contributed by atoms with E-state index in [1.807, 2.05) is 31.2 Å². The third-order valence-corrected chi connectivity index (χ3v) is 3.63. The highest BCUT2D eigenvalue weighted by Gasteiger charge is 2.34. The van der Waals surface area contributed by atoms with E-state index in [4.69, 9.17) is 0 Å². The molecule has 1 aliphatic rings. The SMILES string of the molecule is Cc1cc(NCC2(O)CCC2)nc(-c2ccccn2)n1. The van der Waals surface area contributed by atoms with Crippen molar-refractivity contribution in [2.24, 2.45) is 0 Å². The average Bonchev–Trinajstić information content (AvgIpc) is 2.43. The first-order valence-corrected chi connectivity index (χ1v) is 6.88. The maximum atomic E-state index is 10.1. The van der Waals surface area contributed by atoms with Crippen LogP contribution in [0.1, 0.15) is 25.0 Å². The minimum absolute atomic E-state index is 0.533. The predicted octanol–water partition coefficient (Wildman–Crippen LogP) is 2.17. The highest BCUT2D eigenvalue weighted by atomic mass is 16.3. The van der Waals surface area contributed by atoms with Gasteiger partial charge in [0.05, 0.1) is 5.60 Å². The summed E-state index contributed by atoms with van der Waals surface area (Å²) in [6.07, 6.45) is 4.54. The highest BCUT2D eigenvalue weighted by molar-refractivity contribution is 5.52. The Balaban J connectivity index is 1.80. The molecule has 3 rings (SSSR count). The summed E-state index contributed by atoms with van der Waals surface area (Å²) in [6.45, 7) is 2.46. The first-order chi connectivity index (χ1) is 9.65. The summed E-state index contributed by atoms with van der Waals surface area (Å²) in [5.41, 5.74) is 1.06. The number of aryl methyl sites for hydroxylation is 1. The van der Waals surface area contributed by atoms with Crippen LogP contribution in [0, 0.1) is 6.92 Å². The molecule has 0 bridgehead atoms. The van der Waals surface area contributed by atoms with Gasteiger partial charge in [0.25, 0.3) is 0 Å². The van der Waals surface area contributed by atoms with Gasteiger partial charge in [-0.25, -0.2) is 9.97 Å². The zero-order valence-electron chi connectivity index (χ0n) is 11.5. The van der Waals surface area contributed by atoms with Crippen LogP contribution >= 0.6 is 0 Å². The maximum absolute atomic E-state index is 10.1. The molecule has 2 aromatic heterocycles. The lowest BCUT2D eigenvalue weighted by molar-refractivity contribution is -0.0202. The van der Waals surface area contributed by atoms with Crippen molar-refractivity contribution >= 4 is 5.82 Å². The molecule has 1 aliphatic carbocycles. The molecule has 2 heterocycles. The van der Waals surface area contributed by atoms with E-state index in [1.54, 1.807) is 6.20 Å². The first-order valence-electron chi connectivity index (χ1n) is 6.88. The molecular formula is C15H18N4O. The van der Waals surface area contributed by atoms with Crippen molar-refractivity contribution in [1.82, 2.24) is 15.0 Å². The molecule has 1 fully saturated rings. The fraction of sp³-hybridized carbons (Fsp3) is 0.400. The van der Waals surface area contributed by atoms with E-state index in [9.17, 15) is 5.11 Å². The van der Waals surface area contributed by atoms with E-state index in [0.29, 0.717) is 12.4 Å². The van der Waals surface area contributed by atoms with E-state index in [2.05, 4.69) is 20.3 Å². The van der Waals surface area contributed by atoms with Crippen LogP contribution in [0.5, 0.6) is 0 Å². The molecule has 0 aliphatic heterocycles. The monoisotopic (exact) mass is 270 g/mol. The Hall–Kier alpha value is -2.01. The normalized spacial score (nSPS) is 16.5. The molecule has 0 atom stereocenters. The average molecular weight is 270 g/mol. The van der Waals surface area contributed by atoms with Gasteiger partial charge in [-0.15, -0.1) is 0 Å². The number of nitrogens with one attached hydrogen (secondary N) is 1. The number of aliphatic hydroxyl groups is 1. The standard InChI is InChI=1S/C15H18N4O/c1-11-9-13(17-10-15(20)6-4-7-15)19-14(18-11)12-5-2-3-8-16-12/h2-3,5,8-9,20H,4,6-7,10H2,1H3,(H,17,18,19). The number of pyridine rings is 1. The smallest absolute Gasteiger partial charge is 0.180 e. The van der Waals surface area contributed by atoms with Gasteiger partial charge in [-0.3, -0.25) is 4.98 Å². The molecule has 0 radical (unpaired) electrons. The Morgan fingerprint density at radius 1 is 1.30 bits per heavy atom. The molecule has 0 saturated heterocycles. The molecule has 5 heteroatoms. The van der Waals surface area contributed by atoms with Crippen LogP contribution in [0.3, 0.4) is 0 Å². The molecule has 0 unspecified atom stereocenters. The van der Waals surface area contributed by atoms with Crippen molar-refractivity contribution in [2.45, 2.75) is 31.8 Å². The molecule has 104 valence electrons. The molecule has 0 spiro atoms. The van der Waals surface area contributed by atoms with Crippen molar-refractivity contribution < 1.29 is 5.11 Å². The van der Waals surface area contributed by atoms with E-state index in [-0.39, 0.29) is 0 Å². The van der Waals surface area contributed by atoms with Gasteiger partial charge in [0.15, 0.2) is 5.82 Å². The van der Waals surface area contributed by atoms with Gasteiger partial charge < -0.3 is 10.4 Å². The fourth-order valence-corrected chi connectivity index (χ4v) is 2.29. The second-order valence-electron chi connectivity index (χ2n) is 5.36. The second-order valence-corrected chi connectivity index (χ2v) is 5.36. The van der Waals surface area contributed by atoms with Gasteiger partial charge in [0.2, 0.25) is 0 Å². The molecular weight excluding hydrogens is 252 g/mol. The predicted molar refractivity (Wildman–Crippen MR) is 77.3 cm³/mol. The Kier molecular flexibility index (Phi) is 3.36. The van der Waals surface area contributed by atoms with Crippen LogP contribution in [-0.4, -0.2) is 32.2 Å². The number of anilines is 1. The van der Waals surface area contributed by atoms with Crippen LogP contribution in [-0.2, 0) is 0 Å². The Morgan fingerprint density at radius 3 is 2.80 bits per heavy atom. The quantitative estimate of drug-likeness (QED) is 0.891. The van der Waals surface area contributed by atoms with Crippen LogP contribution < -0.4 is 5.32 Å². The largest absolute Gasteiger partial charge is 0.388 e. The lowest BCUT2D eigenvalue weighted by Crippen LogP contribution is -2.43. The lowest BCUT2D eigenvalue weighted by Gasteiger charge is -2.36. The first kappa shape index (κ1) is 13.0. The van der Waals surface area contributed by atoms with E-state index < -0.39 is 5.60 Å². The number of aromatic nitrogens is 3. The van der Waals surface area contributed by atoms with Crippen LogP contribution in [0.2, 0.25) is 0 Å². The van der Waals surface area contributed by atoms with Crippen molar-refractivity contribution in [2.75, 3.05) is 11.9 Å². The van der Waals surface area contributed by atoms with Crippen molar-refractivity contribution in [1.29, 1.82) is 0 Å². The summed E-state index contributed by atoms with van der Waals surface area (Å²) >= 11 is 0. The minimum atomic E-state index is -0.565. The van der Waals surface area contributed by atoms with Gasteiger partial charge in [-0.05, 0) is 38.3 Å². The van der Waals surface area contributed by atoms with Crippen LogP contribution in [0.4, 0.5) is 5.82 Å². The number of hydrogen-bond acceptors (Lipinski definition) is 5. The third kappa shape index (κ3) is 2.77. The summed E-state index contributed by atoms with van der Waals surface area (Å²) < 4.78 is 0. The van der Waals surface area contributed by atoms with Crippen molar-refractivity contribution in [3.63, 3.8) is 0 Å². The topological polar surface area (TPSA) is 70.9 Å². The summed E-state index contributed by atoms with van der Waals surface area (Å²) in [6, 6.07) is 7.55. The number of nitrogens with zero attached hydrogens (tertiary/aromatic N) is 3. The number of hydrogen-bond donors (Lipinski definition) is 2. The highest BCUT2D eigenvalue weighted by Crippen LogP contribution is 2.31. The third-order valence-electron chi connectivity index (χ3n) is 3.63. The molecule has 0 amide bonds. The van der Waals surface area contributed by atoms with E-state index >= 15 is 0 Å². The fourth-order valence-electron chi connectivity index (χ4n) is 2.29. The summed E-state index contributed by atoms with van der Waals surface area (Å²) in [7, 11) is 0. The molecule has 1 saturated carbocycles.